The number of aliphatic hydroxyl groups is 1. The number of carbonyl (C=O) groups is 2. The summed E-state index contributed by atoms with van der Waals surface area (Å²) in [5.74, 6) is 2.09. The van der Waals surface area contributed by atoms with Crippen molar-refractivity contribution in [1.29, 1.82) is 0 Å². The molecule has 0 saturated carbocycles. The SMILES string of the molecule is CCC(CC)(Cc1cc2cc(C)ccc2o1)C(=O)OCC1C/C(=C\CC(CC(C)C)CC(C)C)C(=O)O1.CO.Cc1ccc(C)cc1. The molecule has 1 saturated heterocycles. The highest BCUT2D eigenvalue weighted by atomic mass is 16.6. The number of hydrogen-bond donors (Lipinski definition) is 1. The van der Waals surface area contributed by atoms with Crippen molar-refractivity contribution in [3.05, 3.63) is 82.6 Å². The molecule has 47 heavy (non-hydrogen) atoms. The Morgan fingerprint density at radius 1 is 0.915 bits per heavy atom. The molecule has 0 aliphatic carbocycles. The first-order chi connectivity index (χ1) is 22.3. The standard InChI is InChI=1S/C32H46O5.C8H10.CH4O/c1-8-32(9-2,19-27-18-26-16-23(7)10-13-29(26)36-27)31(34)35-20-28-17-25(30(33)37-28)12-11-24(14-21(3)4)15-22(5)6;1-7-3-5-8(2)6-4-7;1-2/h10,12-13,16,18,21-22,24,28H,8-9,11,14-15,17,19-20H2,1-7H3;3-6H,1-2H3;2H,1H3/b25-12+;;. The minimum absolute atomic E-state index is 0.0877. The minimum atomic E-state index is -0.675. The Morgan fingerprint density at radius 3 is 2.00 bits per heavy atom. The summed E-state index contributed by atoms with van der Waals surface area (Å²) in [6, 6.07) is 16.6. The Kier molecular flexibility index (Phi) is 16.5. The second-order valence-corrected chi connectivity index (χ2v) is 14.0. The molecule has 260 valence electrons. The molecule has 1 fully saturated rings. The first-order valence-electron chi connectivity index (χ1n) is 17.4. The van der Waals surface area contributed by atoms with Crippen LogP contribution in [0.2, 0.25) is 0 Å². The maximum atomic E-state index is 13.3. The predicted molar refractivity (Wildman–Crippen MR) is 192 cm³/mol. The number of rotatable bonds is 13. The molecule has 1 unspecified atom stereocenters. The maximum absolute atomic E-state index is 13.3. The second-order valence-electron chi connectivity index (χ2n) is 14.0. The van der Waals surface area contributed by atoms with Crippen LogP contribution < -0.4 is 0 Å². The molecule has 6 heteroatoms. The molecule has 0 spiro atoms. The average Bonchev–Trinajstić information content (AvgIpc) is 3.60. The monoisotopic (exact) mass is 648 g/mol. The number of aliphatic hydroxyl groups excluding tert-OH is 1. The number of ether oxygens (including phenoxy) is 2. The molecule has 0 amide bonds. The number of carbonyl (C=O) groups excluding carboxylic acids is 2. The number of hydrogen-bond acceptors (Lipinski definition) is 6. The Hall–Kier alpha value is -3.38. The minimum Gasteiger partial charge on any atom is -0.461 e. The van der Waals surface area contributed by atoms with E-state index < -0.39 is 11.5 Å². The number of furan rings is 1. The Balaban J connectivity index is 0.000000660. The summed E-state index contributed by atoms with van der Waals surface area (Å²) in [6.07, 6.45) is 7.09. The van der Waals surface area contributed by atoms with Gasteiger partial charge in [0.2, 0.25) is 0 Å². The fourth-order valence-electron chi connectivity index (χ4n) is 6.25. The summed E-state index contributed by atoms with van der Waals surface area (Å²) in [4.78, 5) is 25.8. The van der Waals surface area contributed by atoms with Gasteiger partial charge in [0, 0.05) is 30.9 Å². The largest absolute Gasteiger partial charge is 0.461 e. The average molecular weight is 649 g/mol. The number of allylic oxidation sites excluding steroid dienone is 1. The topological polar surface area (TPSA) is 86.0 Å². The van der Waals surface area contributed by atoms with Gasteiger partial charge in [0.1, 0.15) is 24.1 Å². The van der Waals surface area contributed by atoms with Gasteiger partial charge in [0.25, 0.3) is 0 Å². The van der Waals surface area contributed by atoms with E-state index in [0.29, 0.717) is 49.0 Å². The van der Waals surface area contributed by atoms with Crippen molar-refractivity contribution < 1.29 is 28.6 Å². The predicted octanol–water partition coefficient (Wildman–Crippen LogP) is 9.89. The van der Waals surface area contributed by atoms with Crippen LogP contribution in [0.3, 0.4) is 0 Å². The van der Waals surface area contributed by atoms with E-state index in [2.05, 4.69) is 84.9 Å². The van der Waals surface area contributed by atoms with Crippen LogP contribution in [-0.4, -0.2) is 36.9 Å². The molecule has 4 rings (SSSR count). The van der Waals surface area contributed by atoms with Crippen molar-refractivity contribution in [2.45, 2.75) is 113 Å². The van der Waals surface area contributed by atoms with Gasteiger partial charge >= 0.3 is 11.9 Å². The van der Waals surface area contributed by atoms with E-state index in [1.807, 2.05) is 32.0 Å². The molecular formula is C41H60O6. The van der Waals surface area contributed by atoms with Crippen molar-refractivity contribution in [2.24, 2.45) is 23.2 Å². The van der Waals surface area contributed by atoms with Crippen LogP contribution in [0, 0.1) is 43.9 Å². The molecule has 2 aromatic carbocycles. The lowest BCUT2D eigenvalue weighted by Gasteiger charge is -2.28. The fraction of sp³-hybridized carbons (Fsp3) is 0.561. The lowest BCUT2D eigenvalue weighted by atomic mass is 9.78. The first-order valence-corrected chi connectivity index (χ1v) is 17.4. The van der Waals surface area contributed by atoms with Crippen LogP contribution in [0.4, 0.5) is 0 Å². The van der Waals surface area contributed by atoms with Crippen molar-refractivity contribution >= 4 is 22.9 Å². The number of benzene rings is 2. The van der Waals surface area contributed by atoms with Crippen molar-refractivity contribution in [3.8, 4) is 0 Å². The molecule has 1 aliphatic heterocycles. The Labute approximate surface area is 283 Å². The molecule has 2 heterocycles. The molecule has 0 radical (unpaired) electrons. The molecule has 1 N–H and O–H groups in total. The molecule has 1 aliphatic rings. The van der Waals surface area contributed by atoms with Crippen LogP contribution in [0.25, 0.3) is 11.0 Å². The number of aryl methyl sites for hydroxylation is 3. The van der Waals surface area contributed by atoms with E-state index >= 15 is 0 Å². The van der Waals surface area contributed by atoms with Gasteiger partial charge in [0.05, 0.1) is 5.41 Å². The summed E-state index contributed by atoms with van der Waals surface area (Å²) in [5, 5.41) is 8.05. The zero-order valence-corrected chi connectivity index (χ0v) is 30.7. The summed E-state index contributed by atoms with van der Waals surface area (Å²) in [6.45, 7) is 19.3. The lowest BCUT2D eigenvalue weighted by Crippen LogP contribution is -2.35. The highest BCUT2D eigenvalue weighted by molar-refractivity contribution is 5.90. The van der Waals surface area contributed by atoms with Crippen LogP contribution in [0.15, 0.2) is 64.6 Å². The summed E-state index contributed by atoms with van der Waals surface area (Å²) in [7, 11) is 1.00. The van der Waals surface area contributed by atoms with Gasteiger partial charge in [-0.05, 0) is 88.8 Å². The molecular weight excluding hydrogens is 588 g/mol. The van der Waals surface area contributed by atoms with Gasteiger partial charge < -0.3 is 19.0 Å². The molecule has 6 nitrogen and oxygen atoms in total. The van der Waals surface area contributed by atoms with Crippen molar-refractivity contribution in [3.63, 3.8) is 0 Å². The smallest absolute Gasteiger partial charge is 0.334 e. The number of fused-ring (bicyclic) bond motifs is 1. The van der Waals surface area contributed by atoms with Gasteiger partial charge in [-0.25, -0.2) is 4.79 Å². The van der Waals surface area contributed by atoms with Gasteiger partial charge in [-0.15, -0.1) is 0 Å². The van der Waals surface area contributed by atoms with Gasteiger partial charge in [-0.1, -0.05) is 94.6 Å². The number of cyclic esters (lactones) is 1. The fourth-order valence-corrected chi connectivity index (χ4v) is 6.25. The number of esters is 2. The van der Waals surface area contributed by atoms with Crippen LogP contribution in [-0.2, 0) is 25.5 Å². The summed E-state index contributed by atoms with van der Waals surface area (Å²) >= 11 is 0. The van der Waals surface area contributed by atoms with Gasteiger partial charge in [-0.2, -0.15) is 0 Å². The molecule has 0 bridgehead atoms. The van der Waals surface area contributed by atoms with E-state index in [4.69, 9.17) is 19.0 Å². The maximum Gasteiger partial charge on any atom is 0.334 e. The van der Waals surface area contributed by atoms with Crippen molar-refractivity contribution in [2.75, 3.05) is 13.7 Å². The van der Waals surface area contributed by atoms with Crippen LogP contribution in [0.5, 0.6) is 0 Å². The summed E-state index contributed by atoms with van der Waals surface area (Å²) < 4.78 is 17.4. The Morgan fingerprint density at radius 2 is 1.47 bits per heavy atom. The van der Waals surface area contributed by atoms with Crippen LogP contribution >= 0.6 is 0 Å². The zero-order valence-electron chi connectivity index (χ0n) is 30.7. The molecule has 3 aromatic rings. The van der Waals surface area contributed by atoms with Crippen molar-refractivity contribution in [1.82, 2.24) is 0 Å². The lowest BCUT2D eigenvalue weighted by molar-refractivity contribution is -0.162. The third-order valence-electron chi connectivity index (χ3n) is 8.93. The summed E-state index contributed by atoms with van der Waals surface area (Å²) in [5.41, 5.74) is 4.70. The zero-order chi connectivity index (χ0) is 35.1. The van der Waals surface area contributed by atoms with Gasteiger partial charge in [-0.3, -0.25) is 4.79 Å². The van der Waals surface area contributed by atoms with E-state index in [9.17, 15) is 9.59 Å². The quantitative estimate of drug-likeness (QED) is 0.147. The van der Waals surface area contributed by atoms with E-state index in [1.54, 1.807) is 0 Å². The Bertz CT molecular complexity index is 1380. The second kappa shape index (κ2) is 19.4. The van der Waals surface area contributed by atoms with Gasteiger partial charge in [0.15, 0.2) is 0 Å². The highest BCUT2D eigenvalue weighted by Gasteiger charge is 2.39. The third-order valence-corrected chi connectivity index (χ3v) is 8.93. The van der Waals surface area contributed by atoms with E-state index in [1.165, 1.54) is 16.7 Å². The highest BCUT2D eigenvalue weighted by Crippen LogP contribution is 2.35. The molecule has 1 atom stereocenters. The third kappa shape index (κ3) is 12.6. The first kappa shape index (κ1) is 39.8. The van der Waals surface area contributed by atoms with E-state index in [-0.39, 0.29) is 18.5 Å². The normalized spacial score (nSPS) is 15.5. The van der Waals surface area contributed by atoms with E-state index in [0.717, 1.165) is 43.1 Å². The van der Waals surface area contributed by atoms with Crippen LogP contribution in [0.1, 0.15) is 103 Å². The molecule has 1 aromatic heterocycles.